The molecule has 2 nitrogen and oxygen atoms in total. The molecule has 0 amide bonds. The quantitative estimate of drug-likeness (QED) is 0.776. The Bertz CT molecular complexity index is 345. The molecule has 0 aliphatic heterocycles. The van der Waals surface area contributed by atoms with Crippen LogP contribution in [-0.4, -0.2) is 12.2 Å². The Morgan fingerprint density at radius 2 is 2.07 bits per heavy atom. The van der Waals surface area contributed by atoms with Crippen LogP contribution >= 0.6 is 12.6 Å². The summed E-state index contributed by atoms with van der Waals surface area (Å²) in [5.41, 5.74) is 1.67. The third-order valence-electron chi connectivity index (χ3n) is 2.12. The monoisotopic (exact) mass is 210 g/mol. The van der Waals surface area contributed by atoms with Crippen molar-refractivity contribution in [2.24, 2.45) is 0 Å². The van der Waals surface area contributed by atoms with Gasteiger partial charge in [0.25, 0.3) is 0 Å². The van der Waals surface area contributed by atoms with Gasteiger partial charge in [-0.1, -0.05) is 19.9 Å². The normalized spacial score (nSPS) is 10.4. The fourth-order valence-electron chi connectivity index (χ4n) is 1.24. The lowest BCUT2D eigenvalue weighted by molar-refractivity contribution is 0.108. The first-order valence-electron chi connectivity index (χ1n) is 4.47. The average Bonchev–Trinajstić information content (AvgIpc) is 2.16. The molecule has 0 atom stereocenters. The topological polar surface area (TPSA) is 26.3 Å². The lowest BCUT2D eigenvalue weighted by Gasteiger charge is -2.10. The van der Waals surface area contributed by atoms with Crippen LogP contribution in [0.25, 0.3) is 0 Å². The Morgan fingerprint density at radius 3 is 2.50 bits per heavy atom. The number of carbonyl (C=O) groups excluding carboxylic acids is 1. The molecule has 0 fully saturated rings. The van der Waals surface area contributed by atoms with Crippen molar-refractivity contribution in [3.05, 3.63) is 29.3 Å². The van der Waals surface area contributed by atoms with Gasteiger partial charge >= 0.3 is 0 Å². The van der Waals surface area contributed by atoms with E-state index in [1.54, 1.807) is 13.2 Å². The number of hydrogen-bond donors (Lipinski definition) is 1. The second kappa shape index (κ2) is 4.51. The highest BCUT2D eigenvalue weighted by molar-refractivity contribution is 7.97. The Labute approximate surface area is 89.7 Å². The molecule has 1 aromatic carbocycles. The van der Waals surface area contributed by atoms with E-state index in [-0.39, 0.29) is 5.12 Å². The summed E-state index contributed by atoms with van der Waals surface area (Å²) < 4.78 is 5.13. The molecule has 0 unspecified atom stereocenters. The highest BCUT2D eigenvalue weighted by Crippen LogP contribution is 2.25. The average molecular weight is 210 g/mol. The second-order valence-electron chi connectivity index (χ2n) is 3.42. The molecule has 0 aliphatic carbocycles. The van der Waals surface area contributed by atoms with Crippen LogP contribution in [0.2, 0.25) is 0 Å². The Hall–Kier alpha value is -0.960. The van der Waals surface area contributed by atoms with E-state index in [0.717, 1.165) is 5.56 Å². The van der Waals surface area contributed by atoms with Crippen LogP contribution in [0, 0.1) is 0 Å². The van der Waals surface area contributed by atoms with Crippen LogP contribution in [0.1, 0.15) is 35.7 Å². The first-order chi connectivity index (χ1) is 6.56. The maximum Gasteiger partial charge on any atom is 0.220 e. The predicted octanol–water partition coefficient (Wildman–Crippen LogP) is 2.89. The summed E-state index contributed by atoms with van der Waals surface area (Å²) in [7, 11) is 1.56. The second-order valence-corrected chi connectivity index (χ2v) is 3.83. The third-order valence-corrected chi connectivity index (χ3v) is 2.36. The molecular formula is C11H14O2S. The van der Waals surface area contributed by atoms with Gasteiger partial charge in [0.15, 0.2) is 0 Å². The Balaban J connectivity index is 3.18. The van der Waals surface area contributed by atoms with E-state index < -0.39 is 0 Å². The molecule has 1 aromatic rings. The molecule has 0 saturated heterocycles. The largest absolute Gasteiger partial charge is 0.496 e. The van der Waals surface area contributed by atoms with Crippen LogP contribution in [0.3, 0.4) is 0 Å². The fourth-order valence-corrected chi connectivity index (χ4v) is 1.43. The molecule has 0 heterocycles. The van der Waals surface area contributed by atoms with Gasteiger partial charge in [0.05, 0.1) is 12.7 Å². The molecular weight excluding hydrogens is 196 g/mol. The summed E-state index contributed by atoms with van der Waals surface area (Å²) in [5.74, 6) is 1.02. The van der Waals surface area contributed by atoms with Crippen LogP contribution in [-0.2, 0) is 0 Å². The van der Waals surface area contributed by atoms with Gasteiger partial charge < -0.3 is 4.74 Å². The summed E-state index contributed by atoms with van der Waals surface area (Å²) in [6.45, 7) is 4.19. The van der Waals surface area contributed by atoms with Gasteiger partial charge in [-0.3, -0.25) is 4.79 Å². The standard InChI is InChI=1S/C11H14O2S/c1-7(2)8-4-5-9(11(12)14)10(6-8)13-3/h4-7H,1-3H3,(H,12,14). The van der Waals surface area contributed by atoms with Crippen molar-refractivity contribution >= 4 is 17.7 Å². The number of hydrogen-bond acceptors (Lipinski definition) is 2. The van der Waals surface area contributed by atoms with E-state index in [1.807, 2.05) is 12.1 Å². The van der Waals surface area contributed by atoms with Crippen molar-refractivity contribution in [3.63, 3.8) is 0 Å². The molecule has 0 N–H and O–H groups in total. The van der Waals surface area contributed by atoms with Gasteiger partial charge in [-0.15, -0.1) is 12.6 Å². The van der Waals surface area contributed by atoms with E-state index in [0.29, 0.717) is 17.2 Å². The van der Waals surface area contributed by atoms with Crippen LogP contribution in [0.15, 0.2) is 18.2 Å². The smallest absolute Gasteiger partial charge is 0.220 e. The molecule has 3 heteroatoms. The summed E-state index contributed by atoms with van der Waals surface area (Å²) in [6, 6.07) is 5.56. The minimum absolute atomic E-state index is 0.267. The molecule has 0 saturated carbocycles. The molecule has 76 valence electrons. The molecule has 1 rings (SSSR count). The minimum Gasteiger partial charge on any atom is -0.496 e. The van der Waals surface area contributed by atoms with Crippen molar-refractivity contribution in [2.75, 3.05) is 7.11 Å². The highest BCUT2D eigenvalue weighted by atomic mass is 32.1. The molecule has 0 bridgehead atoms. The van der Waals surface area contributed by atoms with Crippen molar-refractivity contribution < 1.29 is 9.53 Å². The van der Waals surface area contributed by atoms with E-state index in [4.69, 9.17) is 4.74 Å². The molecule has 0 aromatic heterocycles. The summed E-state index contributed by atoms with van der Waals surface area (Å²) in [4.78, 5) is 11.1. The summed E-state index contributed by atoms with van der Waals surface area (Å²) in [5, 5.41) is -0.267. The van der Waals surface area contributed by atoms with E-state index in [9.17, 15) is 4.79 Å². The van der Waals surface area contributed by atoms with Crippen molar-refractivity contribution in [1.29, 1.82) is 0 Å². The van der Waals surface area contributed by atoms with Gasteiger partial charge in [-0.2, -0.15) is 0 Å². The maximum absolute atomic E-state index is 11.1. The fraction of sp³-hybridized carbons (Fsp3) is 0.364. The first-order valence-corrected chi connectivity index (χ1v) is 4.92. The number of ether oxygens (including phenoxy) is 1. The maximum atomic E-state index is 11.1. The third kappa shape index (κ3) is 2.29. The van der Waals surface area contributed by atoms with E-state index in [2.05, 4.69) is 26.5 Å². The molecule has 0 aliphatic rings. The number of carbonyl (C=O) groups is 1. The number of thiol groups is 1. The SMILES string of the molecule is COc1cc(C(C)C)ccc1C(=O)S. The zero-order valence-corrected chi connectivity index (χ0v) is 9.47. The first kappa shape index (κ1) is 11.1. The van der Waals surface area contributed by atoms with Gasteiger partial charge in [-0.25, -0.2) is 0 Å². The summed E-state index contributed by atoms with van der Waals surface area (Å²) >= 11 is 3.78. The number of benzene rings is 1. The van der Waals surface area contributed by atoms with E-state index in [1.165, 1.54) is 0 Å². The Kier molecular flexibility index (Phi) is 3.58. The molecule has 0 spiro atoms. The van der Waals surface area contributed by atoms with Gasteiger partial charge in [0.1, 0.15) is 5.75 Å². The van der Waals surface area contributed by atoms with Crippen LogP contribution in [0.4, 0.5) is 0 Å². The number of rotatable bonds is 3. The zero-order valence-electron chi connectivity index (χ0n) is 8.57. The van der Waals surface area contributed by atoms with Crippen molar-refractivity contribution in [3.8, 4) is 5.75 Å². The van der Waals surface area contributed by atoms with Gasteiger partial charge in [-0.05, 0) is 23.6 Å². The Morgan fingerprint density at radius 1 is 1.43 bits per heavy atom. The highest BCUT2D eigenvalue weighted by Gasteiger charge is 2.10. The predicted molar refractivity (Wildman–Crippen MR) is 60.4 cm³/mol. The lowest BCUT2D eigenvalue weighted by atomic mass is 10.0. The van der Waals surface area contributed by atoms with Crippen LogP contribution < -0.4 is 4.74 Å². The minimum atomic E-state index is -0.267. The lowest BCUT2D eigenvalue weighted by Crippen LogP contribution is -1.97. The molecule has 14 heavy (non-hydrogen) atoms. The van der Waals surface area contributed by atoms with Crippen molar-refractivity contribution in [2.45, 2.75) is 19.8 Å². The van der Waals surface area contributed by atoms with Gasteiger partial charge in [0.2, 0.25) is 5.12 Å². The zero-order chi connectivity index (χ0) is 10.7. The van der Waals surface area contributed by atoms with Gasteiger partial charge in [0, 0.05) is 0 Å². The van der Waals surface area contributed by atoms with Crippen molar-refractivity contribution in [1.82, 2.24) is 0 Å². The van der Waals surface area contributed by atoms with E-state index >= 15 is 0 Å². The summed E-state index contributed by atoms with van der Waals surface area (Å²) in [6.07, 6.45) is 0. The number of methoxy groups -OCH3 is 1. The molecule has 0 radical (unpaired) electrons. The van der Waals surface area contributed by atoms with Crippen LogP contribution in [0.5, 0.6) is 5.75 Å².